The maximum Gasteiger partial charge on any atom is 0.416 e. The predicted molar refractivity (Wildman–Crippen MR) is 68.5 cm³/mol. The molecule has 1 aromatic heterocycles. The number of halogens is 3. The number of aromatic amines is 1. The highest BCUT2D eigenvalue weighted by molar-refractivity contribution is 5.31. The van der Waals surface area contributed by atoms with Crippen LogP contribution in [0, 0.1) is 0 Å². The van der Waals surface area contributed by atoms with Crippen LogP contribution in [0.1, 0.15) is 11.1 Å². The normalized spacial score (nSPS) is 11.3. The molecule has 0 unspecified atom stereocenters. The first-order valence-electron chi connectivity index (χ1n) is 5.90. The van der Waals surface area contributed by atoms with Gasteiger partial charge in [-0.3, -0.25) is 4.79 Å². The van der Waals surface area contributed by atoms with Gasteiger partial charge in [-0.05, 0) is 24.1 Å². The third kappa shape index (κ3) is 3.59. The third-order valence-electron chi connectivity index (χ3n) is 2.70. The Kier molecular flexibility index (Phi) is 4.07. The molecule has 0 bridgehead atoms. The van der Waals surface area contributed by atoms with Crippen LogP contribution in [-0.2, 0) is 12.6 Å². The van der Waals surface area contributed by atoms with Gasteiger partial charge in [0.1, 0.15) is 0 Å². The molecular weight excluding hydrogens is 271 g/mol. The van der Waals surface area contributed by atoms with Crippen molar-refractivity contribution in [2.24, 2.45) is 0 Å². The first-order chi connectivity index (χ1) is 9.47. The number of hydrogen-bond acceptors (Lipinski definition) is 3. The van der Waals surface area contributed by atoms with Crippen LogP contribution < -0.4 is 10.9 Å². The summed E-state index contributed by atoms with van der Waals surface area (Å²) in [6.45, 7) is 0.408. The molecule has 0 aliphatic rings. The Morgan fingerprint density at radius 2 is 1.90 bits per heavy atom. The van der Waals surface area contributed by atoms with Crippen LogP contribution in [0.3, 0.4) is 0 Å². The van der Waals surface area contributed by atoms with Crippen LogP contribution in [-0.4, -0.2) is 16.5 Å². The van der Waals surface area contributed by atoms with Crippen molar-refractivity contribution in [3.63, 3.8) is 0 Å². The molecule has 0 aliphatic carbocycles. The van der Waals surface area contributed by atoms with Gasteiger partial charge in [-0.1, -0.05) is 12.1 Å². The van der Waals surface area contributed by atoms with Crippen molar-refractivity contribution in [3.8, 4) is 0 Å². The number of benzene rings is 1. The van der Waals surface area contributed by atoms with E-state index in [0.29, 0.717) is 13.0 Å². The topological polar surface area (TPSA) is 57.8 Å². The van der Waals surface area contributed by atoms with E-state index in [1.54, 1.807) is 0 Å². The molecule has 0 amide bonds. The lowest BCUT2D eigenvalue weighted by Gasteiger charge is -2.08. The van der Waals surface area contributed by atoms with Gasteiger partial charge in [-0.15, -0.1) is 0 Å². The van der Waals surface area contributed by atoms with E-state index in [4.69, 9.17) is 0 Å². The first kappa shape index (κ1) is 14.1. The molecular formula is C13H12F3N3O. The summed E-state index contributed by atoms with van der Waals surface area (Å²) in [6, 6.07) is 4.94. The van der Waals surface area contributed by atoms with Crippen molar-refractivity contribution in [1.82, 2.24) is 9.97 Å². The minimum atomic E-state index is -4.32. The Morgan fingerprint density at radius 3 is 2.50 bits per heavy atom. The number of aromatic nitrogens is 2. The van der Waals surface area contributed by atoms with Crippen molar-refractivity contribution in [2.45, 2.75) is 12.6 Å². The second-order valence-electron chi connectivity index (χ2n) is 4.14. The number of H-pyrrole nitrogens is 1. The fraction of sp³-hybridized carbons (Fsp3) is 0.231. The fourth-order valence-electron chi connectivity index (χ4n) is 1.66. The molecule has 1 aromatic carbocycles. The number of hydrogen-bond donors (Lipinski definition) is 2. The van der Waals surface area contributed by atoms with Gasteiger partial charge in [0.15, 0.2) is 5.82 Å². The maximum atomic E-state index is 12.4. The van der Waals surface area contributed by atoms with Gasteiger partial charge >= 0.3 is 6.18 Å². The highest BCUT2D eigenvalue weighted by Gasteiger charge is 2.29. The van der Waals surface area contributed by atoms with Gasteiger partial charge < -0.3 is 10.3 Å². The zero-order valence-electron chi connectivity index (χ0n) is 10.4. The van der Waals surface area contributed by atoms with E-state index in [-0.39, 0.29) is 11.4 Å². The Hall–Kier alpha value is -2.31. The summed E-state index contributed by atoms with van der Waals surface area (Å²) < 4.78 is 37.1. The van der Waals surface area contributed by atoms with E-state index >= 15 is 0 Å². The van der Waals surface area contributed by atoms with Crippen molar-refractivity contribution >= 4 is 5.82 Å². The molecule has 0 spiro atoms. The minimum Gasteiger partial charge on any atom is -0.365 e. The molecule has 7 heteroatoms. The molecule has 2 N–H and O–H groups in total. The monoisotopic (exact) mass is 283 g/mol. The minimum absolute atomic E-state index is 0.194. The van der Waals surface area contributed by atoms with Gasteiger partial charge in [0.2, 0.25) is 0 Å². The van der Waals surface area contributed by atoms with E-state index in [0.717, 1.165) is 17.7 Å². The van der Waals surface area contributed by atoms with Crippen LogP contribution >= 0.6 is 0 Å². The van der Waals surface area contributed by atoms with Crippen LogP contribution in [0.15, 0.2) is 41.5 Å². The van der Waals surface area contributed by atoms with E-state index in [2.05, 4.69) is 15.3 Å². The molecule has 0 saturated heterocycles. The van der Waals surface area contributed by atoms with E-state index in [9.17, 15) is 18.0 Å². The molecule has 106 valence electrons. The SMILES string of the molecule is O=c1[nH]ccnc1NCCc1ccc(C(F)(F)F)cc1. The fourth-order valence-corrected chi connectivity index (χ4v) is 1.66. The molecule has 0 atom stereocenters. The number of nitrogens with zero attached hydrogens (tertiary/aromatic N) is 1. The van der Waals surface area contributed by atoms with Crippen LogP contribution in [0.5, 0.6) is 0 Å². The summed E-state index contributed by atoms with van der Waals surface area (Å²) in [6.07, 6.45) is -0.961. The molecule has 0 aliphatic heterocycles. The standard InChI is InChI=1S/C13H12F3N3O/c14-13(15,16)10-3-1-9(2-4-10)5-6-17-11-12(20)19-8-7-18-11/h1-4,7-8H,5-6H2,(H,17,18)(H,19,20). The molecule has 0 saturated carbocycles. The summed E-state index contributed by atoms with van der Waals surface area (Å²) >= 11 is 0. The first-order valence-corrected chi connectivity index (χ1v) is 5.90. The zero-order valence-corrected chi connectivity index (χ0v) is 10.4. The second kappa shape index (κ2) is 5.77. The summed E-state index contributed by atoms with van der Waals surface area (Å²) in [7, 11) is 0. The van der Waals surface area contributed by atoms with Crippen LogP contribution in [0.25, 0.3) is 0 Å². The largest absolute Gasteiger partial charge is 0.416 e. The van der Waals surface area contributed by atoms with Crippen molar-refractivity contribution < 1.29 is 13.2 Å². The molecule has 20 heavy (non-hydrogen) atoms. The number of rotatable bonds is 4. The molecule has 4 nitrogen and oxygen atoms in total. The smallest absolute Gasteiger partial charge is 0.365 e. The summed E-state index contributed by atoms with van der Waals surface area (Å²) in [5.41, 5.74) is -0.256. The molecule has 2 rings (SSSR count). The second-order valence-corrected chi connectivity index (χ2v) is 4.14. The van der Waals surface area contributed by atoms with Crippen molar-refractivity contribution in [3.05, 3.63) is 58.1 Å². The predicted octanol–water partition coefficient (Wildman–Crippen LogP) is 2.44. The highest BCUT2D eigenvalue weighted by Crippen LogP contribution is 2.29. The zero-order chi connectivity index (χ0) is 14.6. The Balaban J connectivity index is 1.92. The Bertz CT molecular complexity index is 620. The van der Waals surface area contributed by atoms with Crippen molar-refractivity contribution in [2.75, 3.05) is 11.9 Å². The maximum absolute atomic E-state index is 12.4. The molecule has 0 fully saturated rings. The third-order valence-corrected chi connectivity index (χ3v) is 2.70. The van der Waals surface area contributed by atoms with Gasteiger partial charge in [0.25, 0.3) is 5.56 Å². The van der Waals surface area contributed by atoms with E-state index in [1.807, 2.05) is 0 Å². The molecule has 0 radical (unpaired) electrons. The Labute approximate surface area is 112 Å². The van der Waals surface area contributed by atoms with Crippen LogP contribution in [0.4, 0.5) is 19.0 Å². The quantitative estimate of drug-likeness (QED) is 0.906. The van der Waals surface area contributed by atoms with Gasteiger partial charge in [-0.25, -0.2) is 4.98 Å². The van der Waals surface area contributed by atoms with Crippen LogP contribution in [0.2, 0.25) is 0 Å². The lowest BCUT2D eigenvalue weighted by atomic mass is 10.1. The van der Waals surface area contributed by atoms with E-state index in [1.165, 1.54) is 24.5 Å². The van der Waals surface area contributed by atoms with E-state index < -0.39 is 11.7 Å². The summed E-state index contributed by atoms with van der Waals surface area (Å²) in [4.78, 5) is 17.6. The molecule has 2 aromatic rings. The number of anilines is 1. The lowest BCUT2D eigenvalue weighted by molar-refractivity contribution is -0.137. The van der Waals surface area contributed by atoms with Gasteiger partial charge in [-0.2, -0.15) is 13.2 Å². The average molecular weight is 283 g/mol. The number of nitrogens with one attached hydrogen (secondary N) is 2. The summed E-state index contributed by atoms with van der Waals surface area (Å²) in [5, 5.41) is 2.83. The summed E-state index contributed by atoms with van der Waals surface area (Å²) in [5.74, 6) is 0.194. The lowest BCUT2D eigenvalue weighted by Crippen LogP contribution is -2.17. The van der Waals surface area contributed by atoms with Gasteiger partial charge in [0, 0.05) is 18.9 Å². The van der Waals surface area contributed by atoms with Crippen molar-refractivity contribution in [1.29, 1.82) is 0 Å². The number of alkyl halides is 3. The molecule has 1 heterocycles. The average Bonchev–Trinajstić information content (AvgIpc) is 2.40. The Morgan fingerprint density at radius 1 is 1.20 bits per heavy atom. The van der Waals surface area contributed by atoms with Gasteiger partial charge in [0.05, 0.1) is 5.56 Å². The highest BCUT2D eigenvalue weighted by atomic mass is 19.4.